The van der Waals surface area contributed by atoms with Gasteiger partial charge in [-0.2, -0.15) is 0 Å². The molecule has 1 aromatic carbocycles. The van der Waals surface area contributed by atoms with Crippen molar-refractivity contribution in [1.82, 2.24) is 14.8 Å². The number of methoxy groups -OCH3 is 1. The molecule has 90 valence electrons. The Balaban J connectivity index is 2.37. The number of ether oxygens (including phenoxy) is 1. The highest BCUT2D eigenvalue weighted by Crippen LogP contribution is 2.17. The van der Waals surface area contributed by atoms with E-state index in [2.05, 4.69) is 16.3 Å². The molecule has 1 heterocycles. The monoisotopic (exact) mass is 251 g/mol. The summed E-state index contributed by atoms with van der Waals surface area (Å²) in [5.41, 5.74) is 2.26. The molecule has 0 unspecified atom stereocenters. The van der Waals surface area contributed by atoms with Crippen molar-refractivity contribution in [3.8, 4) is 5.69 Å². The van der Waals surface area contributed by atoms with Gasteiger partial charge in [-0.25, -0.2) is 0 Å². The fourth-order valence-electron chi connectivity index (χ4n) is 1.72. The van der Waals surface area contributed by atoms with E-state index in [1.807, 2.05) is 22.8 Å². The van der Waals surface area contributed by atoms with Crippen molar-refractivity contribution >= 4 is 11.6 Å². The molecule has 2 aromatic rings. The van der Waals surface area contributed by atoms with Crippen molar-refractivity contribution in [1.29, 1.82) is 0 Å². The van der Waals surface area contributed by atoms with E-state index in [4.69, 9.17) is 16.3 Å². The highest BCUT2D eigenvalue weighted by Gasteiger charge is 2.08. The van der Waals surface area contributed by atoms with Crippen molar-refractivity contribution in [3.63, 3.8) is 0 Å². The summed E-state index contributed by atoms with van der Waals surface area (Å²) in [4.78, 5) is 0. The van der Waals surface area contributed by atoms with Gasteiger partial charge in [0, 0.05) is 7.11 Å². The zero-order chi connectivity index (χ0) is 12.1. The number of alkyl halides is 1. The summed E-state index contributed by atoms with van der Waals surface area (Å²) in [5.74, 6) is 1.09. The molecule has 2 rings (SSSR count). The molecule has 0 amide bonds. The SMILES string of the molecule is COCCc1ccccc1-n1cnnc1CCl. The van der Waals surface area contributed by atoms with Crippen LogP contribution in [-0.2, 0) is 17.0 Å². The van der Waals surface area contributed by atoms with E-state index in [-0.39, 0.29) is 0 Å². The van der Waals surface area contributed by atoms with Gasteiger partial charge in [0.25, 0.3) is 0 Å². The summed E-state index contributed by atoms with van der Waals surface area (Å²) in [7, 11) is 1.70. The molecule has 4 nitrogen and oxygen atoms in total. The van der Waals surface area contributed by atoms with E-state index < -0.39 is 0 Å². The van der Waals surface area contributed by atoms with Crippen LogP contribution >= 0.6 is 11.6 Å². The van der Waals surface area contributed by atoms with Gasteiger partial charge >= 0.3 is 0 Å². The van der Waals surface area contributed by atoms with Crippen LogP contribution in [0.25, 0.3) is 5.69 Å². The van der Waals surface area contributed by atoms with Gasteiger partial charge in [-0.15, -0.1) is 21.8 Å². The quantitative estimate of drug-likeness (QED) is 0.765. The number of aromatic nitrogens is 3. The van der Waals surface area contributed by atoms with Gasteiger partial charge in [-0.3, -0.25) is 4.57 Å². The summed E-state index contributed by atoms with van der Waals surface area (Å²) in [5, 5.41) is 7.87. The fraction of sp³-hybridized carbons (Fsp3) is 0.333. The minimum absolute atomic E-state index is 0.346. The average Bonchev–Trinajstić information content (AvgIpc) is 2.84. The van der Waals surface area contributed by atoms with E-state index in [1.54, 1.807) is 13.4 Å². The van der Waals surface area contributed by atoms with Gasteiger partial charge in [0.05, 0.1) is 18.2 Å². The van der Waals surface area contributed by atoms with Crippen molar-refractivity contribution in [2.75, 3.05) is 13.7 Å². The summed E-state index contributed by atoms with van der Waals surface area (Å²) < 4.78 is 7.02. The molecule has 5 heteroatoms. The third kappa shape index (κ3) is 2.65. The van der Waals surface area contributed by atoms with Crippen molar-refractivity contribution in [3.05, 3.63) is 42.0 Å². The third-order valence-electron chi connectivity index (χ3n) is 2.56. The van der Waals surface area contributed by atoms with Gasteiger partial charge in [0.15, 0.2) is 5.82 Å². The van der Waals surface area contributed by atoms with Crippen LogP contribution in [0, 0.1) is 0 Å². The molecule has 0 saturated carbocycles. The fourth-order valence-corrected chi connectivity index (χ4v) is 1.90. The van der Waals surface area contributed by atoms with Crippen molar-refractivity contribution in [2.24, 2.45) is 0 Å². The van der Waals surface area contributed by atoms with Gasteiger partial charge < -0.3 is 4.74 Å². The van der Waals surface area contributed by atoms with Gasteiger partial charge in [-0.05, 0) is 18.1 Å². The molecule has 0 saturated heterocycles. The molecule has 0 radical (unpaired) electrons. The Hall–Kier alpha value is -1.39. The zero-order valence-electron chi connectivity index (χ0n) is 9.64. The van der Waals surface area contributed by atoms with E-state index in [9.17, 15) is 0 Å². The largest absolute Gasteiger partial charge is 0.384 e. The molecule has 0 N–H and O–H groups in total. The predicted octanol–water partition coefficient (Wildman–Crippen LogP) is 2.20. The second kappa shape index (κ2) is 5.80. The van der Waals surface area contributed by atoms with Crippen LogP contribution in [0.1, 0.15) is 11.4 Å². The first-order chi connectivity index (χ1) is 8.36. The van der Waals surface area contributed by atoms with Gasteiger partial charge in [0.1, 0.15) is 6.33 Å². The van der Waals surface area contributed by atoms with E-state index in [0.29, 0.717) is 12.5 Å². The van der Waals surface area contributed by atoms with Gasteiger partial charge in [-0.1, -0.05) is 18.2 Å². The Morgan fingerprint density at radius 2 is 2.18 bits per heavy atom. The van der Waals surface area contributed by atoms with Gasteiger partial charge in [0.2, 0.25) is 0 Å². The molecule has 0 aliphatic carbocycles. The van der Waals surface area contributed by atoms with Crippen LogP contribution in [0.15, 0.2) is 30.6 Å². The number of hydrogen-bond donors (Lipinski definition) is 0. The van der Waals surface area contributed by atoms with Crippen LogP contribution < -0.4 is 0 Å². The molecule has 1 aromatic heterocycles. The normalized spacial score (nSPS) is 10.7. The maximum absolute atomic E-state index is 5.83. The van der Waals surface area contributed by atoms with Crippen LogP contribution in [0.3, 0.4) is 0 Å². The first kappa shape index (κ1) is 12.1. The summed E-state index contributed by atoms with van der Waals surface area (Å²) in [6.07, 6.45) is 2.54. The molecule has 0 aliphatic rings. The summed E-state index contributed by atoms with van der Waals surface area (Å²) in [6.45, 7) is 0.690. The average molecular weight is 252 g/mol. The Labute approximate surface area is 105 Å². The highest BCUT2D eigenvalue weighted by molar-refractivity contribution is 6.16. The standard InChI is InChI=1S/C12H14ClN3O/c1-17-7-6-10-4-2-3-5-11(10)16-9-14-15-12(16)8-13/h2-5,9H,6-8H2,1H3. The van der Waals surface area contributed by atoms with Crippen LogP contribution in [0.2, 0.25) is 0 Å². The molecule has 0 fully saturated rings. The molecule has 0 spiro atoms. The summed E-state index contributed by atoms with van der Waals surface area (Å²) in [6, 6.07) is 8.11. The first-order valence-electron chi connectivity index (χ1n) is 5.39. The van der Waals surface area contributed by atoms with Crippen LogP contribution in [-0.4, -0.2) is 28.5 Å². The number of benzene rings is 1. The predicted molar refractivity (Wildman–Crippen MR) is 66.5 cm³/mol. The number of halogens is 1. The van der Waals surface area contributed by atoms with Crippen LogP contribution in [0.4, 0.5) is 0 Å². The third-order valence-corrected chi connectivity index (χ3v) is 2.80. The van der Waals surface area contributed by atoms with Crippen molar-refractivity contribution in [2.45, 2.75) is 12.3 Å². The Morgan fingerprint density at radius 1 is 1.35 bits per heavy atom. The maximum atomic E-state index is 5.83. The molecular formula is C12H14ClN3O. The molecule has 0 atom stereocenters. The second-order valence-corrected chi connectivity index (χ2v) is 3.89. The molecule has 0 aliphatic heterocycles. The molecule has 17 heavy (non-hydrogen) atoms. The minimum atomic E-state index is 0.346. The molecule has 0 bridgehead atoms. The van der Waals surface area contributed by atoms with Crippen LogP contribution in [0.5, 0.6) is 0 Å². The van der Waals surface area contributed by atoms with E-state index in [0.717, 1.165) is 17.9 Å². The topological polar surface area (TPSA) is 39.9 Å². The lowest BCUT2D eigenvalue weighted by Gasteiger charge is -2.10. The van der Waals surface area contributed by atoms with Crippen molar-refractivity contribution < 1.29 is 4.74 Å². The Bertz CT molecular complexity index is 484. The zero-order valence-corrected chi connectivity index (χ0v) is 10.4. The Morgan fingerprint density at radius 3 is 2.94 bits per heavy atom. The minimum Gasteiger partial charge on any atom is -0.384 e. The molecular weight excluding hydrogens is 238 g/mol. The number of rotatable bonds is 5. The Kier molecular flexibility index (Phi) is 4.12. The number of hydrogen-bond acceptors (Lipinski definition) is 3. The van der Waals surface area contributed by atoms with E-state index >= 15 is 0 Å². The lowest BCUT2D eigenvalue weighted by Crippen LogP contribution is -2.04. The summed E-state index contributed by atoms with van der Waals surface area (Å²) >= 11 is 5.83. The maximum Gasteiger partial charge on any atom is 0.152 e. The van der Waals surface area contributed by atoms with E-state index in [1.165, 1.54) is 5.56 Å². The first-order valence-corrected chi connectivity index (χ1v) is 5.92. The number of para-hydroxylation sites is 1. The smallest absolute Gasteiger partial charge is 0.152 e. The lowest BCUT2D eigenvalue weighted by molar-refractivity contribution is 0.202. The lowest BCUT2D eigenvalue weighted by atomic mass is 10.1. The highest BCUT2D eigenvalue weighted by atomic mass is 35.5. The second-order valence-electron chi connectivity index (χ2n) is 3.62. The number of nitrogens with zero attached hydrogens (tertiary/aromatic N) is 3.